The van der Waals surface area contributed by atoms with Crippen molar-refractivity contribution in [2.75, 3.05) is 20.1 Å². The second-order valence-electron chi connectivity index (χ2n) is 3.97. The van der Waals surface area contributed by atoms with E-state index in [1.165, 1.54) is 11.3 Å². The van der Waals surface area contributed by atoms with Gasteiger partial charge in [-0.3, -0.25) is 4.79 Å². The summed E-state index contributed by atoms with van der Waals surface area (Å²) in [4.78, 5) is 18.1. The van der Waals surface area contributed by atoms with E-state index in [9.17, 15) is 4.79 Å². The van der Waals surface area contributed by atoms with Gasteiger partial charge in [-0.25, -0.2) is 4.98 Å². The Hall–Kier alpha value is -0.940. The topological polar surface area (TPSA) is 45.2 Å². The first-order chi connectivity index (χ1) is 7.15. The summed E-state index contributed by atoms with van der Waals surface area (Å²) >= 11 is 1.51. The zero-order valence-electron chi connectivity index (χ0n) is 8.99. The van der Waals surface area contributed by atoms with Crippen molar-refractivity contribution in [3.63, 3.8) is 0 Å². The number of rotatable bonds is 2. The molecule has 1 amide bonds. The number of likely N-dealkylation sites (N-methyl/N-ethyl adjacent to an activating group) is 1. The molecule has 82 valence electrons. The molecule has 1 aromatic heterocycles. The first kappa shape index (κ1) is 10.6. The second-order valence-corrected chi connectivity index (χ2v) is 5.04. The number of nitrogens with one attached hydrogen (secondary N) is 1. The van der Waals surface area contributed by atoms with Gasteiger partial charge >= 0.3 is 0 Å². The van der Waals surface area contributed by atoms with Gasteiger partial charge in [0.2, 0.25) is 0 Å². The van der Waals surface area contributed by atoms with Gasteiger partial charge in [0.05, 0.1) is 5.01 Å². The van der Waals surface area contributed by atoms with E-state index >= 15 is 0 Å². The predicted octanol–water partition coefficient (Wildman–Crippen LogP) is 0.885. The smallest absolute Gasteiger partial charge is 0.271 e. The number of hydrogen-bond donors (Lipinski definition) is 1. The number of carbonyl (C=O) groups is 1. The van der Waals surface area contributed by atoms with E-state index in [-0.39, 0.29) is 11.9 Å². The van der Waals surface area contributed by atoms with Gasteiger partial charge in [0.1, 0.15) is 5.69 Å². The minimum absolute atomic E-state index is 0.0420. The molecule has 0 bridgehead atoms. The van der Waals surface area contributed by atoms with E-state index in [0.29, 0.717) is 5.69 Å². The first-order valence-electron chi connectivity index (χ1n) is 5.06. The zero-order chi connectivity index (χ0) is 10.8. The molecule has 1 atom stereocenters. The minimum Gasteiger partial charge on any atom is -0.347 e. The van der Waals surface area contributed by atoms with Crippen molar-refractivity contribution in [3.8, 4) is 0 Å². The molecule has 1 saturated heterocycles. The molecule has 2 heterocycles. The maximum Gasteiger partial charge on any atom is 0.271 e. The SMILES string of the molecule is Cc1nc(C(=O)NC2CCN(C)C2)cs1. The molecule has 1 aliphatic rings. The number of nitrogens with zero attached hydrogens (tertiary/aromatic N) is 2. The van der Waals surface area contributed by atoms with Gasteiger partial charge in [-0.05, 0) is 26.9 Å². The third-order valence-corrected chi connectivity index (χ3v) is 3.35. The fourth-order valence-electron chi connectivity index (χ4n) is 1.78. The van der Waals surface area contributed by atoms with Gasteiger partial charge in [-0.2, -0.15) is 0 Å². The summed E-state index contributed by atoms with van der Waals surface area (Å²) in [5.74, 6) is -0.0420. The lowest BCUT2D eigenvalue weighted by molar-refractivity contribution is 0.0934. The highest BCUT2D eigenvalue weighted by molar-refractivity contribution is 7.09. The van der Waals surface area contributed by atoms with Crippen LogP contribution in [0.3, 0.4) is 0 Å². The third-order valence-electron chi connectivity index (χ3n) is 2.58. The van der Waals surface area contributed by atoms with Crippen LogP contribution in [-0.4, -0.2) is 42.0 Å². The van der Waals surface area contributed by atoms with Gasteiger partial charge in [0.15, 0.2) is 0 Å². The number of likely N-dealkylation sites (tertiary alicyclic amines) is 1. The van der Waals surface area contributed by atoms with E-state index in [1.54, 1.807) is 0 Å². The molecule has 1 unspecified atom stereocenters. The van der Waals surface area contributed by atoms with Crippen LogP contribution < -0.4 is 5.32 Å². The molecule has 1 aromatic rings. The molecule has 4 nitrogen and oxygen atoms in total. The standard InChI is InChI=1S/C10H15N3OS/c1-7-11-9(6-15-7)10(14)12-8-3-4-13(2)5-8/h6,8H,3-5H2,1-2H3,(H,12,14). The lowest BCUT2D eigenvalue weighted by Gasteiger charge is -2.11. The van der Waals surface area contributed by atoms with Crippen LogP contribution in [-0.2, 0) is 0 Å². The molecule has 2 rings (SSSR count). The number of carbonyl (C=O) groups excluding carboxylic acids is 1. The van der Waals surface area contributed by atoms with Gasteiger partial charge in [0, 0.05) is 18.0 Å². The maximum atomic E-state index is 11.7. The van der Waals surface area contributed by atoms with Crippen molar-refractivity contribution >= 4 is 17.2 Å². The van der Waals surface area contributed by atoms with Crippen molar-refractivity contribution in [3.05, 3.63) is 16.1 Å². The molecular weight excluding hydrogens is 210 g/mol. The molecule has 15 heavy (non-hydrogen) atoms. The van der Waals surface area contributed by atoms with E-state index in [1.807, 2.05) is 12.3 Å². The summed E-state index contributed by atoms with van der Waals surface area (Å²) in [6.07, 6.45) is 1.03. The number of hydrogen-bond acceptors (Lipinski definition) is 4. The van der Waals surface area contributed by atoms with Gasteiger partial charge < -0.3 is 10.2 Å². The van der Waals surface area contributed by atoms with Crippen LogP contribution in [0, 0.1) is 6.92 Å². The lowest BCUT2D eigenvalue weighted by atomic mass is 10.2. The van der Waals surface area contributed by atoms with Gasteiger partial charge in [-0.15, -0.1) is 11.3 Å². The van der Waals surface area contributed by atoms with Crippen LogP contribution in [0.15, 0.2) is 5.38 Å². The highest BCUT2D eigenvalue weighted by atomic mass is 32.1. The fraction of sp³-hybridized carbons (Fsp3) is 0.600. The zero-order valence-corrected chi connectivity index (χ0v) is 9.80. The molecule has 0 aliphatic carbocycles. The van der Waals surface area contributed by atoms with Crippen LogP contribution in [0.2, 0.25) is 0 Å². The molecule has 0 spiro atoms. The van der Waals surface area contributed by atoms with Crippen molar-refractivity contribution in [2.45, 2.75) is 19.4 Å². The van der Waals surface area contributed by atoms with Gasteiger partial charge in [0.25, 0.3) is 5.91 Å². The van der Waals surface area contributed by atoms with Crippen molar-refractivity contribution < 1.29 is 4.79 Å². The summed E-state index contributed by atoms with van der Waals surface area (Å²) in [5.41, 5.74) is 0.548. The number of aryl methyl sites for hydroxylation is 1. The van der Waals surface area contributed by atoms with E-state index in [2.05, 4.69) is 22.2 Å². The molecule has 1 fully saturated rings. The summed E-state index contributed by atoms with van der Waals surface area (Å²) in [6, 6.07) is 0.282. The Balaban J connectivity index is 1.92. The molecule has 1 aliphatic heterocycles. The first-order valence-corrected chi connectivity index (χ1v) is 5.94. The molecule has 0 radical (unpaired) electrons. The summed E-state index contributed by atoms with van der Waals surface area (Å²) in [5, 5.41) is 5.75. The van der Waals surface area contributed by atoms with Crippen molar-refractivity contribution in [2.24, 2.45) is 0 Å². The Morgan fingerprint density at radius 1 is 1.73 bits per heavy atom. The van der Waals surface area contributed by atoms with Crippen LogP contribution in [0.1, 0.15) is 21.9 Å². The Morgan fingerprint density at radius 2 is 2.53 bits per heavy atom. The highest BCUT2D eigenvalue weighted by Crippen LogP contribution is 2.10. The Bertz CT molecular complexity index is 363. The van der Waals surface area contributed by atoms with Crippen LogP contribution in [0.25, 0.3) is 0 Å². The monoisotopic (exact) mass is 225 g/mol. The average Bonchev–Trinajstić information content (AvgIpc) is 2.75. The second kappa shape index (κ2) is 4.28. The molecule has 0 aromatic carbocycles. The molecule has 0 saturated carbocycles. The number of thiazole rings is 1. The van der Waals surface area contributed by atoms with Crippen LogP contribution in [0.4, 0.5) is 0 Å². The van der Waals surface area contributed by atoms with Crippen molar-refractivity contribution in [1.29, 1.82) is 0 Å². The van der Waals surface area contributed by atoms with Crippen LogP contribution in [0.5, 0.6) is 0 Å². The summed E-state index contributed by atoms with van der Waals surface area (Å²) in [7, 11) is 2.07. The van der Waals surface area contributed by atoms with E-state index in [0.717, 1.165) is 24.5 Å². The Morgan fingerprint density at radius 3 is 3.07 bits per heavy atom. The quantitative estimate of drug-likeness (QED) is 0.813. The molecule has 1 N–H and O–H groups in total. The Kier molecular flexibility index (Phi) is 3.02. The summed E-state index contributed by atoms with van der Waals surface area (Å²) < 4.78 is 0. The van der Waals surface area contributed by atoms with Crippen molar-refractivity contribution in [1.82, 2.24) is 15.2 Å². The summed E-state index contributed by atoms with van der Waals surface area (Å²) in [6.45, 7) is 3.90. The average molecular weight is 225 g/mol. The predicted molar refractivity (Wildman–Crippen MR) is 60.2 cm³/mol. The van der Waals surface area contributed by atoms with E-state index < -0.39 is 0 Å². The maximum absolute atomic E-state index is 11.7. The largest absolute Gasteiger partial charge is 0.347 e. The minimum atomic E-state index is -0.0420. The number of amides is 1. The van der Waals surface area contributed by atoms with Crippen LogP contribution >= 0.6 is 11.3 Å². The molecular formula is C10H15N3OS. The lowest BCUT2D eigenvalue weighted by Crippen LogP contribution is -2.36. The van der Waals surface area contributed by atoms with Gasteiger partial charge in [-0.1, -0.05) is 0 Å². The highest BCUT2D eigenvalue weighted by Gasteiger charge is 2.22. The van der Waals surface area contributed by atoms with E-state index in [4.69, 9.17) is 0 Å². The molecule has 5 heteroatoms. The normalized spacial score (nSPS) is 21.9. The number of aromatic nitrogens is 1. The third kappa shape index (κ3) is 2.54. The Labute approximate surface area is 93.3 Å². The fourth-order valence-corrected chi connectivity index (χ4v) is 2.37.